The second-order valence-electron chi connectivity index (χ2n) is 27.2. The molecule has 0 aromatic heterocycles. The topological polar surface area (TPSA) is 188 Å². The first-order chi connectivity index (χ1) is 41.7. The summed E-state index contributed by atoms with van der Waals surface area (Å²) < 4.78 is 6.39. The van der Waals surface area contributed by atoms with E-state index in [0.717, 1.165) is 28.1 Å². The number of hydrogen-bond donors (Lipinski definition) is 4. The number of halogens is 2. The number of ether oxygens (including phenoxy) is 1. The molecule has 6 atom stereocenters. The lowest BCUT2D eigenvalue weighted by Crippen LogP contribution is -2.61. The molecule has 17 nitrogen and oxygen atoms in total. The number of aliphatic imine (C=N–C) groups is 1. The number of urea groups is 1. The van der Waals surface area contributed by atoms with Crippen LogP contribution in [0.4, 0.5) is 4.79 Å². The number of carbonyl (C=O) groups excluding carboxylic acids is 6. The van der Waals surface area contributed by atoms with Crippen molar-refractivity contribution in [1.82, 2.24) is 45.8 Å². The molecule has 0 radical (unpaired) electrons. The van der Waals surface area contributed by atoms with E-state index in [-0.39, 0.29) is 41.6 Å². The van der Waals surface area contributed by atoms with Crippen molar-refractivity contribution in [2.45, 2.75) is 160 Å². The van der Waals surface area contributed by atoms with Gasteiger partial charge in [-0.05, 0) is 141 Å². The first-order valence-corrected chi connectivity index (χ1v) is 33.2. The molecule has 5 fully saturated rings. The number of benzene rings is 4. The predicted octanol–water partition coefficient (Wildman–Crippen LogP) is 9.77. The van der Waals surface area contributed by atoms with Gasteiger partial charge in [0.1, 0.15) is 40.3 Å². The van der Waals surface area contributed by atoms with Crippen LogP contribution < -0.4 is 26.0 Å². The molecule has 4 aromatic rings. The zero-order chi connectivity index (χ0) is 63.1. The van der Waals surface area contributed by atoms with E-state index >= 15 is 4.79 Å². The molecule has 4 saturated heterocycles. The quantitative estimate of drug-likeness (QED) is 0.0841. The number of piperidine rings is 1. The molecular weight excluding hydrogens is 1170 g/mol. The predicted molar refractivity (Wildman–Crippen MR) is 347 cm³/mol. The summed E-state index contributed by atoms with van der Waals surface area (Å²) in [5, 5.41) is 14.2. The minimum atomic E-state index is -1.14. The Morgan fingerprint density at radius 1 is 0.773 bits per heavy atom. The minimum Gasteiger partial charge on any atom is -0.493 e. The van der Waals surface area contributed by atoms with E-state index in [9.17, 15) is 24.0 Å². The molecule has 4 aromatic carbocycles. The lowest BCUT2D eigenvalue weighted by Gasteiger charge is -2.47. The van der Waals surface area contributed by atoms with Crippen molar-refractivity contribution in [2.24, 2.45) is 16.3 Å². The number of amides is 7. The van der Waals surface area contributed by atoms with Crippen LogP contribution in [0, 0.1) is 11.3 Å². The molecule has 6 aliphatic rings. The van der Waals surface area contributed by atoms with Crippen LogP contribution in [0.3, 0.4) is 0 Å². The Labute approximate surface area is 533 Å². The van der Waals surface area contributed by atoms with Crippen LogP contribution >= 0.6 is 35.0 Å². The zero-order valence-electron chi connectivity index (χ0n) is 52.8. The highest BCUT2D eigenvalue weighted by molar-refractivity contribution is 7.99. The normalized spacial score (nSPS) is 24.4. The summed E-state index contributed by atoms with van der Waals surface area (Å²) in [6.45, 7) is 24.1. The number of likely N-dealkylation sites (tertiary alicyclic amines) is 2. The van der Waals surface area contributed by atoms with Crippen LogP contribution in [0.25, 0.3) is 0 Å². The van der Waals surface area contributed by atoms with Gasteiger partial charge in [-0.3, -0.25) is 38.8 Å². The number of nitrogens with zero attached hydrogens (tertiary/aromatic N) is 6. The number of carbonyl (C=O) groups is 6. The summed E-state index contributed by atoms with van der Waals surface area (Å²) >= 11 is 14.9. The van der Waals surface area contributed by atoms with Crippen molar-refractivity contribution in [2.75, 3.05) is 64.8 Å². The van der Waals surface area contributed by atoms with Crippen molar-refractivity contribution in [3.05, 3.63) is 134 Å². The van der Waals surface area contributed by atoms with Gasteiger partial charge in [-0.25, -0.2) is 4.79 Å². The van der Waals surface area contributed by atoms with E-state index in [1.807, 2.05) is 116 Å². The second-order valence-corrected chi connectivity index (χ2v) is 29.2. The summed E-state index contributed by atoms with van der Waals surface area (Å²) in [7, 11) is 0. The molecule has 5 heterocycles. The average molecular weight is 1260 g/mol. The van der Waals surface area contributed by atoms with Crippen LogP contribution in [0.5, 0.6) is 5.75 Å². The number of thioether (sulfide) groups is 1. The first-order valence-electron chi connectivity index (χ1n) is 31.4. The van der Waals surface area contributed by atoms with E-state index in [4.69, 9.17) is 32.9 Å². The monoisotopic (exact) mass is 1260 g/mol. The third-order valence-corrected chi connectivity index (χ3v) is 21.1. The van der Waals surface area contributed by atoms with Gasteiger partial charge in [0, 0.05) is 85.5 Å². The number of amidine groups is 1. The zero-order valence-corrected chi connectivity index (χ0v) is 55.1. The number of rotatable bonds is 16. The summed E-state index contributed by atoms with van der Waals surface area (Å²) in [4.78, 5) is 101. The lowest BCUT2D eigenvalue weighted by atomic mass is 9.71. The molecule has 0 bridgehead atoms. The Morgan fingerprint density at radius 2 is 1.41 bits per heavy atom. The summed E-state index contributed by atoms with van der Waals surface area (Å²) in [5.74, 6) is 0.396. The van der Waals surface area contributed by atoms with Gasteiger partial charge in [0.2, 0.25) is 29.5 Å². The largest absolute Gasteiger partial charge is 0.493 e. The molecule has 2 unspecified atom stereocenters. The highest BCUT2D eigenvalue weighted by Gasteiger charge is 2.61. The Morgan fingerprint density at radius 3 is 1.99 bits per heavy atom. The van der Waals surface area contributed by atoms with Gasteiger partial charge in [-0.1, -0.05) is 119 Å². The fourth-order valence-corrected chi connectivity index (χ4v) is 14.8. The third-order valence-electron chi connectivity index (χ3n) is 19.2. The van der Waals surface area contributed by atoms with Crippen LogP contribution in [0.1, 0.15) is 146 Å². The van der Waals surface area contributed by atoms with Gasteiger partial charge < -0.3 is 40.7 Å². The first kappa shape index (κ1) is 64.8. The van der Waals surface area contributed by atoms with Crippen molar-refractivity contribution in [3.8, 4) is 5.75 Å². The standard InChI is InChI=1S/C68H88Cl2N10O7S/c1-11-87-54-39-49(64(3,4)5)22-27-52(54)58-74-66(9,47-18-23-50(69)24-19-47)67(10,48-20-25-51(70)26-21-48)80(58)63(86)78-37-35-76(36-38-78)41-55(81)77-33-28-46(29-34-77)59(82)75-68(30-31-68)62(85)73-57(65(6,7)8)61(84)79-32-12-13-53(79)60(83)71-40-44-14-16-45(17-15-44)56-43(2)72-42-88-56/h14-27,39,43,46,53,56-57,72H,11-13,28-38,40-42H2,1-10H3,(H,71,83)(H,73,85)(H,75,82)/t43?,53-,56?,57+,66-,67+/m0/s1. The van der Waals surface area contributed by atoms with Gasteiger partial charge in [-0.2, -0.15) is 0 Å². The highest BCUT2D eigenvalue weighted by Crippen LogP contribution is 2.54. The molecule has 4 N–H and O–H groups in total. The van der Waals surface area contributed by atoms with Crippen molar-refractivity contribution in [1.29, 1.82) is 0 Å². The molecule has 1 saturated carbocycles. The van der Waals surface area contributed by atoms with Crippen LogP contribution in [-0.2, 0) is 47.0 Å². The van der Waals surface area contributed by atoms with E-state index in [1.54, 1.807) is 9.80 Å². The Kier molecular flexibility index (Phi) is 19.1. The smallest absolute Gasteiger partial charge is 0.326 e. The van der Waals surface area contributed by atoms with Crippen LogP contribution in [-0.4, -0.2) is 154 Å². The van der Waals surface area contributed by atoms with Gasteiger partial charge >= 0.3 is 6.03 Å². The average Bonchev–Trinajstić information content (AvgIpc) is 1.52. The van der Waals surface area contributed by atoms with E-state index in [0.29, 0.717) is 136 Å². The number of nitrogens with one attached hydrogen (secondary N) is 4. The van der Waals surface area contributed by atoms with Gasteiger partial charge in [0.15, 0.2) is 0 Å². The summed E-state index contributed by atoms with van der Waals surface area (Å²) in [5.41, 5.74) is 1.56. The number of piperazine rings is 1. The fraction of sp³-hybridized carbons (Fsp3) is 0.544. The van der Waals surface area contributed by atoms with E-state index in [1.165, 1.54) is 5.56 Å². The summed E-state index contributed by atoms with van der Waals surface area (Å²) in [6, 6.07) is 28.3. The van der Waals surface area contributed by atoms with Gasteiger partial charge in [-0.15, -0.1) is 11.8 Å². The molecule has 20 heteroatoms. The maximum Gasteiger partial charge on any atom is 0.326 e. The molecule has 0 spiro atoms. The van der Waals surface area contributed by atoms with Crippen molar-refractivity contribution >= 4 is 76.4 Å². The molecule has 10 rings (SSSR count). The third kappa shape index (κ3) is 13.3. The molecule has 5 aliphatic heterocycles. The van der Waals surface area contributed by atoms with Gasteiger partial charge in [0.05, 0.1) is 18.7 Å². The molecular formula is C68H88Cl2N10O7S. The maximum absolute atomic E-state index is 15.7. The Balaban J connectivity index is 0.744. The highest BCUT2D eigenvalue weighted by atomic mass is 35.5. The fourth-order valence-electron chi connectivity index (χ4n) is 13.2. The SMILES string of the molecule is CCOc1cc(C(C)(C)C)ccc1C1=N[C@@](C)(c2ccc(Cl)cc2)[C@@](C)(c2ccc(Cl)cc2)N1C(=O)N1CCN(CC(=O)N2CCC(C(=O)NC3(C(=O)N[C@H](C(=O)N4CCC[C@H]4C(=O)NCc4ccc(C5SCNC5C)cc4)C(C)(C)C)CC3)CC2)CC1. The van der Waals surface area contributed by atoms with E-state index < -0.39 is 45.9 Å². The summed E-state index contributed by atoms with van der Waals surface area (Å²) in [6.07, 6.45) is 2.94. The van der Waals surface area contributed by atoms with Crippen molar-refractivity contribution in [3.63, 3.8) is 0 Å². The minimum absolute atomic E-state index is 0.0475. The Bertz CT molecular complexity index is 3280. The molecule has 1 aliphatic carbocycles. The lowest BCUT2D eigenvalue weighted by molar-refractivity contribution is -0.144. The van der Waals surface area contributed by atoms with Crippen LogP contribution in [0.2, 0.25) is 10.0 Å². The second kappa shape index (κ2) is 26.0. The Hall–Kier alpha value is -6.18. The molecule has 88 heavy (non-hydrogen) atoms. The van der Waals surface area contributed by atoms with Crippen molar-refractivity contribution < 1.29 is 33.5 Å². The maximum atomic E-state index is 15.7. The van der Waals surface area contributed by atoms with Crippen LogP contribution in [0.15, 0.2) is 96.0 Å². The number of hydrogen-bond acceptors (Lipinski definition) is 11. The van der Waals surface area contributed by atoms with E-state index in [2.05, 4.69) is 92.0 Å². The molecule has 472 valence electrons. The van der Waals surface area contributed by atoms with Gasteiger partial charge in [0.25, 0.3) is 0 Å². The molecule has 7 amide bonds.